The van der Waals surface area contributed by atoms with Crippen molar-refractivity contribution in [1.29, 1.82) is 0 Å². The van der Waals surface area contributed by atoms with Crippen LogP contribution in [-0.4, -0.2) is 21.8 Å². The van der Waals surface area contributed by atoms with Crippen LogP contribution in [0.2, 0.25) is 0 Å². The Morgan fingerprint density at radius 3 is 2.79 bits per heavy atom. The van der Waals surface area contributed by atoms with E-state index in [0.717, 1.165) is 11.3 Å². The molecular formula is C14H18N2O3. The fourth-order valence-electron chi connectivity index (χ4n) is 1.79. The average Bonchev–Trinajstić information content (AvgIpc) is 2.81. The Bertz CT molecular complexity index is 549. The Hall–Kier alpha value is -2.01. The summed E-state index contributed by atoms with van der Waals surface area (Å²) in [5, 5.41) is 9.74. The summed E-state index contributed by atoms with van der Waals surface area (Å²) in [4.78, 5) is 4.03. The molecule has 0 fully saturated rings. The lowest BCUT2D eigenvalue weighted by Crippen LogP contribution is -2.04. The zero-order chi connectivity index (χ0) is 13.8. The lowest BCUT2D eigenvalue weighted by Gasteiger charge is -2.14. The molecule has 5 heteroatoms. The SMILES string of the molecule is COc1ccc(C(C)O)c(OCc2cncn2C)c1. The smallest absolute Gasteiger partial charge is 0.130 e. The van der Waals surface area contributed by atoms with E-state index in [-0.39, 0.29) is 0 Å². The van der Waals surface area contributed by atoms with Gasteiger partial charge in [0.1, 0.15) is 18.1 Å². The molecule has 0 bridgehead atoms. The summed E-state index contributed by atoms with van der Waals surface area (Å²) in [5.74, 6) is 1.32. The van der Waals surface area contributed by atoms with E-state index in [4.69, 9.17) is 9.47 Å². The van der Waals surface area contributed by atoms with Crippen LogP contribution in [0.1, 0.15) is 24.3 Å². The zero-order valence-corrected chi connectivity index (χ0v) is 11.3. The molecular weight excluding hydrogens is 244 g/mol. The molecule has 0 aliphatic carbocycles. The number of nitrogens with zero attached hydrogens (tertiary/aromatic N) is 2. The average molecular weight is 262 g/mol. The van der Waals surface area contributed by atoms with E-state index in [1.165, 1.54) is 0 Å². The number of benzene rings is 1. The Morgan fingerprint density at radius 1 is 1.42 bits per heavy atom. The monoisotopic (exact) mass is 262 g/mol. The quantitative estimate of drug-likeness (QED) is 0.896. The first kappa shape index (κ1) is 13.4. The summed E-state index contributed by atoms with van der Waals surface area (Å²) in [6.07, 6.45) is 2.88. The number of hydrogen-bond donors (Lipinski definition) is 1. The van der Waals surface area contributed by atoms with Crippen LogP contribution in [-0.2, 0) is 13.7 Å². The van der Waals surface area contributed by atoms with Crippen molar-refractivity contribution in [3.63, 3.8) is 0 Å². The third-order valence-electron chi connectivity index (χ3n) is 2.96. The highest BCUT2D eigenvalue weighted by atomic mass is 16.5. The van der Waals surface area contributed by atoms with Crippen molar-refractivity contribution in [2.45, 2.75) is 19.6 Å². The van der Waals surface area contributed by atoms with Gasteiger partial charge >= 0.3 is 0 Å². The number of methoxy groups -OCH3 is 1. The molecule has 102 valence electrons. The van der Waals surface area contributed by atoms with Crippen LogP contribution in [0.4, 0.5) is 0 Å². The van der Waals surface area contributed by atoms with Gasteiger partial charge in [0, 0.05) is 18.7 Å². The second-order valence-corrected chi connectivity index (χ2v) is 4.36. The van der Waals surface area contributed by atoms with E-state index in [9.17, 15) is 5.11 Å². The number of ether oxygens (including phenoxy) is 2. The molecule has 1 aromatic heterocycles. The maximum atomic E-state index is 9.74. The van der Waals surface area contributed by atoms with Gasteiger partial charge in [-0.2, -0.15) is 0 Å². The molecule has 2 aromatic rings. The van der Waals surface area contributed by atoms with Crippen molar-refractivity contribution in [3.05, 3.63) is 42.0 Å². The maximum absolute atomic E-state index is 9.74. The molecule has 19 heavy (non-hydrogen) atoms. The maximum Gasteiger partial charge on any atom is 0.130 e. The van der Waals surface area contributed by atoms with Gasteiger partial charge in [0.15, 0.2) is 0 Å². The molecule has 2 rings (SSSR count). The standard InChI is InChI=1S/C14H18N2O3/c1-10(17)13-5-4-12(18-3)6-14(13)19-8-11-7-15-9-16(11)2/h4-7,9-10,17H,8H2,1-3H3. The molecule has 1 unspecified atom stereocenters. The van der Waals surface area contributed by atoms with Gasteiger partial charge in [-0.1, -0.05) is 0 Å². The Morgan fingerprint density at radius 2 is 2.21 bits per heavy atom. The molecule has 1 N–H and O–H groups in total. The van der Waals surface area contributed by atoms with Crippen LogP contribution in [0.5, 0.6) is 11.5 Å². The summed E-state index contributed by atoms with van der Waals surface area (Å²) in [7, 11) is 3.51. The van der Waals surface area contributed by atoms with Crippen molar-refractivity contribution in [3.8, 4) is 11.5 Å². The number of hydrogen-bond acceptors (Lipinski definition) is 4. The second-order valence-electron chi connectivity index (χ2n) is 4.36. The van der Waals surface area contributed by atoms with Gasteiger partial charge in [-0.15, -0.1) is 0 Å². The van der Waals surface area contributed by atoms with Crippen molar-refractivity contribution in [2.24, 2.45) is 7.05 Å². The minimum Gasteiger partial charge on any atom is -0.497 e. The van der Waals surface area contributed by atoms with E-state index >= 15 is 0 Å². The minimum absolute atomic E-state index is 0.392. The Kier molecular flexibility index (Phi) is 4.06. The highest BCUT2D eigenvalue weighted by Gasteiger charge is 2.11. The first-order chi connectivity index (χ1) is 9.11. The van der Waals surface area contributed by atoms with Crippen LogP contribution in [0, 0.1) is 0 Å². The summed E-state index contributed by atoms with van der Waals surface area (Å²) >= 11 is 0. The van der Waals surface area contributed by atoms with Gasteiger partial charge in [-0.05, 0) is 19.1 Å². The number of aromatic nitrogens is 2. The molecule has 0 saturated carbocycles. The van der Waals surface area contributed by atoms with Gasteiger partial charge in [-0.25, -0.2) is 4.98 Å². The Labute approximate surface area is 112 Å². The highest BCUT2D eigenvalue weighted by molar-refractivity contribution is 5.41. The molecule has 0 amide bonds. The molecule has 1 atom stereocenters. The number of aliphatic hydroxyl groups is 1. The summed E-state index contributed by atoms with van der Waals surface area (Å²) in [5.41, 5.74) is 1.70. The van der Waals surface area contributed by atoms with Gasteiger partial charge in [0.05, 0.1) is 31.4 Å². The Balaban J connectivity index is 2.20. The lowest BCUT2D eigenvalue weighted by atomic mass is 10.1. The molecule has 0 spiro atoms. The first-order valence-electron chi connectivity index (χ1n) is 6.06. The topological polar surface area (TPSA) is 56.5 Å². The first-order valence-corrected chi connectivity index (χ1v) is 6.06. The summed E-state index contributed by atoms with van der Waals surface area (Å²) in [6.45, 7) is 2.10. The highest BCUT2D eigenvalue weighted by Crippen LogP contribution is 2.30. The third-order valence-corrected chi connectivity index (χ3v) is 2.96. The van der Waals surface area contributed by atoms with Crippen molar-refractivity contribution < 1.29 is 14.6 Å². The van der Waals surface area contributed by atoms with Crippen LogP contribution in [0.15, 0.2) is 30.7 Å². The largest absolute Gasteiger partial charge is 0.497 e. The van der Waals surface area contributed by atoms with Crippen molar-refractivity contribution in [2.75, 3.05) is 7.11 Å². The predicted molar refractivity (Wildman–Crippen MR) is 71.2 cm³/mol. The molecule has 1 heterocycles. The van der Waals surface area contributed by atoms with Crippen LogP contribution in [0.25, 0.3) is 0 Å². The summed E-state index contributed by atoms with van der Waals surface area (Å²) < 4.78 is 12.8. The number of rotatable bonds is 5. The summed E-state index contributed by atoms with van der Waals surface area (Å²) in [6, 6.07) is 5.39. The fourth-order valence-corrected chi connectivity index (χ4v) is 1.79. The number of aliphatic hydroxyl groups excluding tert-OH is 1. The van der Waals surface area contributed by atoms with Crippen molar-refractivity contribution in [1.82, 2.24) is 9.55 Å². The number of aryl methyl sites for hydroxylation is 1. The molecule has 0 aliphatic heterocycles. The van der Waals surface area contributed by atoms with Crippen LogP contribution >= 0.6 is 0 Å². The molecule has 1 aromatic carbocycles. The molecule has 0 saturated heterocycles. The van der Waals surface area contributed by atoms with Gasteiger partial charge in [-0.3, -0.25) is 0 Å². The van der Waals surface area contributed by atoms with E-state index in [1.54, 1.807) is 38.7 Å². The number of imidazole rings is 1. The zero-order valence-electron chi connectivity index (χ0n) is 11.3. The van der Waals surface area contributed by atoms with Gasteiger partial charge < -0.3 is 19.1 Å². The predicted octanol–water partition coefficient (Wildman–Crippen LogP) is 2.06. The molecule has 5 nitrogen and oxygen atoms in total. The van der Waals surface area contributed by atoms with Crippen molar-refractivity contribution >= 4 is 0 Å². The van der Waals surface area contributed by atoms with Gasteiger partial charge in [0.25, 0.3) is 0 Å². The van der Waals surface area contributed by atoms with E-state index in [2.05, 4.69) is 4.98 Å². The lowest BCUT2D eigenvalue weighted by molar-refractivity contribution is 0.189. The third kappa shape index (κ3) is 3.06. The van der Waals surface area contributed by atoms with Gasteiger partial charge in [0.2, 0.25) is 0 Å². The van der Waals surface area contributed by atoms with Crippen LogP contribution in [0.3, 0.4) is 0 Å². The normalized spacial score (nSPS) is 12.2. The second kappa shape index (κ2) is 5.75. The van der Waals surface area contributed by atoms with E-state index in [0.29, 0.717) is 18.1 Å². The van der Waals surface area contributed by atoms with E-state index in [1.807, 2.05) is 17.7 Å². The molecule has 0 aliphatic rings. The van der Waals surface area contributed by atoms with E-state index < -0.39 is 6.10 Å². The fraction of sp³-hybridized carbons (Fsp3) is 0.357. The minimum atomic E-state index is -0.590. The van der Waals surface area contributed by atoms with Crippen LogP contribution < -0.4 is 9.47 Å². The molecule has 0 radical (unpaired) electrons.